The van der Waals surface area contributed by atoms with Crippen LogP contribution < -0.4 is 4.74 Å². The van der Waals surface area contributed by atoms with Crippen molar-refractivity contribution in [2.45, 2.75) is 6.18 Å². The number of Topliss-reactive ketones (excluding diaryl/α,β-unsaturated/α-hetero) is 1. The molecule has 4 amide bonds. The van der Waals surface area contributed by atoms with Gasteiger partial charge in [-0.1, -0.05) is 0 Å². The molecule has 0 aliphatic carbocycles. The summed E-state index contributed by atoms with van der Waals surface area (Å²) in [4.78, 5) is 47.0. The predicted molar refractivity (Wildman–Crippen MR) is 72.2 cm³/mol. The van der Waals surface area contributed by atoms with Gasteiger partial charge in [0.25, 0.3) is 0 Å². The number of imide groups is 2. The Morgan fingerprint density at radius 2 is 1.72 bits per heavy atom. The first-order valence-corrected chi connectivity index (χ1v) is 6.66. The standard InChI is InChI=1S/C14H10F4N2O5/c1-25-10-3-2-7(15)4-8(10)9(21)5-19-11(22)12(23)20(13(19)24)6-14(16,17)18/h2-4H,5-6H2,1H3. The summed E-state index contributed by atoms with van der Waals surface area (Å²) in [5.41, 5.74) is -0.329. The van der Waals surface area contributed by atoms with Crippen LogP contribution >= 0.6 is 0 Å². The number of methoxy groups -OCH3 is 1. The number of hydrogen-bond donors (Lipinski definition) is 0. The van der Waals surface area contributed by atoms with Gasteiger partial charge in [-0.05, 0) is 18.2 Å². The Balaban J connectivity index is 2.24. The average Bonchev–Trinajstić information content (AvgIpc) is 2.71. The molecule has 1 aliphatic rings. The van der Waals surface area contributed by atoms with E-state index in [4.69, 9.17) is 4.74 Å². The zero-order chi connectivity index (χ0) is 18.9. The first-order chi connectivity index (χ1) is 11.5. The van der Waals surface area contributed by atoms with Crippen molar-refractivity contribution >= 4 is 23.6 Å². The number of nitrogens with zero attached hydrogens (tertiary/aromatic N) is 2. The molecule has 0 bridgehead atoms. The summed E-state index contributed by atoms with van der Waals surface area (Å²) in [6.45, 7) is -2.98. The lowest BCUT2D eigenvalue weighted by molar-refractivity contribution is -0.155. The lowest BCUT2D eigenvalue weighted by Gasteiger charge is -2.16. The number of alkyl halides is 3. The highest BCUT2D eigenvalue weighted by molar-refractivity contribution is 6.45. The first-order valence-electron chi connectivity index (χ1n) is 6.66. The maximum Gasteiger partial charge on any atom is 0.406 e. The van der Waals surface area contributed by atoms with E-state index < -0.39 is 48.7 Å². The number of carbonyl (C=O) groups is 4. The predicted octanol–water partition coefficient (Wildman–Crippen LogP) is 1.37. The Morgan fingerprint density at radius 1 is 1.12 bits per heavy atom. The molecule has 0 spiro atoms. The average molecular weight is 362 g/mol. The van der Waals surface area contributed by atoms with E-state index in [0.717, 1.165) is 18.2 Å². The van der Waals surface area contributed by atoms with Gasteiger partial charge in [0, 0.05) is 0 Å². The van der Waals surface area contributed by atoms with E-state index in [1.807, 2.05) is 0 Å². The molecule has 0 radical (unpaired) electrons. The number of amides is 4. The van der Waals surface area contributed by atoms with E-state index in [1.165, 1.54) is 7.11 Å². The zero-order valence-corrected chi connectivity index (χ0v) is 12.6. The van der Waals surface area contributed by atoms with Gasteiger partial charge in [-0.2, -0.15) is 13.2 Å². The molecule has 134 valence electrons. The van der Waals surface area contributed by atoms with Crippen LogP contribution in [0.1, 0.15) is 10.4 Å². The third kappa shape index (κ3) is 3.75. The Bertz CT molecular complexity index is 762. The fourth-order valence-corrected chi connectivity index (χ4v) is 2.14. The Kier molecular flexibility index (Phi) is 4.77. The fourth-order valence-electron chi connectivity index (χ4n) is 2.14. The van der Waals surface area contributed by atoms with Crippen LogP contribution in [-0.4, -0.2) is 59.8 Å². The third-order valence-corrected chi connectivity index (χ3v) is 3.24. The second-order valence-electron chi connectivity index (χ2n) is 4.95. The van der Waals surface area contributed by atoms with Gasteiger partial charge in [0.05, 0.1) is 19.2 Å². The summed E-state index contributed by atoms with van der Waals surface area (Å²) >= 11 is 0. The highest BCUT2D eigenvalue weighted by Gasteiger charge is 2.49. The fraction of sp³-hybridized carbons (Fsp3) is 0.286. The lowest BCUT2D eigenvalue weighted by Crippen LogP contribution is -2.40. The summed E-state index contributed by atoms with van der Waals surface area (Å²) in [5, 5.41) is 0. The van der Waals surface area contributed by atoms with Crippen molar-refractivity contribution in [3.63, 3.8) is 0 Å². The Labute approximate surface area is 137 Å². The van der Waals surface area contributed by atoms with Gasteiger partial charge in [0.2, 0.25) is 0 Å². The van der Waals surface area contributed by atoms with Gasteiger partial charge < -0.3 is 4.74 Å². The molecule has 1 aromatic carbocycles. The SMILES string of the molecule is COc1ccc(F)cc1C(=O)CN1C(=O)C(=O)N(CC(F)(F)F)C1=O. The van der Waals surface area contributed by atoms with Gasteiger partial charge in [0.15, 0.2) is 5.78 Å². The highest BCUT2D eigenvalue weighted by Crippen LogP contribution is 2.24. The van der Waals surface area contributed by atoms with E-state index in [0.29, 0.717) is 0 Å². The number of rotatable bonds is 5. The summed E-state index contributed by atoms with van der Waals surface area (Å²) in [5.74, 6) is -5.12. The van der Waals surface area contributed by atoms with E-state index in [1.54, 1.807) is 0 Å². The van der Waals surface area contributed by atoms with Crippen molar-refractivity contribution in [3.8, 4) is 5.75 Å². The van der Waals surface area contributed by atoms with Gasteiger partial charge in [-0.15, -0.1) is 0 Å². The van der Waals surface area contributed by atoms with Crippen molar-refractivity contribution in [1.29, 1.82) is 0 Å². The molecule has 1 fully saturated rings. The molecule has 11 heteroatoms. The molecule has 25 heavy (non-hydrogen) atoms. The van der Waals surface area contributed by atoms with Crippen LogP contribution in [0.3, 0.4) is 0 Å². The van der Waals surface area contributed by atoms with Crippen LogP contribution in [0, 0.1) is 5.82 Å². The van der Waals surface area contributed by atoms with Crippen LogP contribution in [0.4, 0.5) is 22.4 Å². The van der Waals surface area contributed by atoms with E-state index in [9.17, 15) is 36.7 Å². The summed E-state index contributed by atoms with van der Waals surface area (Å²) in [6, 6.07) is 1.32. The number of benzene rings is 1. The molecule has 0 unspecified atom stereocenters. The van der Waals surface area contributed by atoms with Crippen molar-refractivity contribution < 1.29 is 41.5 Å². The summed E-state index contributed by atoms with van der Waals surface area (Å²) in [7, 11) is 1.19. The molecule has 0 saturated carbocycles. The normalized spacial score (nSPS) is 15.2. The second-order valence-corrected chi connectivity index (χ2v) is 4.95. The molecule has 1 aliphatic heterocycles. The first kappa shape index (κ1) is 18.4. The number of urea groups is 1. The lowest BCUT2D eigenvalue weighted by atomic mass is 10.1. The van der Waals surface area contributed by atoms with Crippen molar-refractivity contribution in [2.75, 3.05) is 20.2 Å². The maximum atomic E-state index is 13.3. The molecule has 1 saturated heterocycles. The van der Waals surface area contributed by atoms with E-state index in [-0.39, 0.29) is 21.1 Å². The van der Waals surface area contributed by atoms with Crippen molar-refractivity contribution in [3.05, 3.63) is 29.6 Å². The molecule has 2 rings (SSSR count). The van der Waals surface area contributed by atoms with Crippen molar-refractivity contribution in [2.24, 2.45) is 0 Å². The monoisotopic (exact) mass is 362 g/mol. The number of carbonyl (C=O) groups excluding carboxylic acids is 4. The topological polar surface area (TPSA) is 84.0 Å². The molecule has 1 heterocycles. The molecule has 0 N–H and O–H groups in total. The number of ether oxygens (including phenoxy) is 1. The quantitative estimate of drug-likeness (QED) is 0.342. The van der Waals surface area contributed by atoms with Crippen molar-refractivity contribution in [1.82, 2.24) is 9.80 Å². The van der Waals surface area contributed by atoms with E-state index in [2.05, 4.69) is 0 Å². The maximum absolute atomic E-state index is 13.3. The van der Waals surface area contributed by atoms with Crippen LogP contribution in [0.25, 0.3) is 0 Å². The van der Waals surface area contributed by atoms with Gasteiger partial charge in [0.1, 0.15) is 18.1 Å². The molecule has 0 atom stereocenters. The summed E-state index contributed by atoms with van der Waals surface area (Å²) < 4.78 is 55.3. The van der Waals surface area contributed by atoms with Gasteiger partial charge >= 0.3 is 24.0 Å². The van der Waals surface area contributed by atoms with Crippen LogP contribution in [0.15, 0.2) is 18.2 Å². The molecular weight excluding hydrogens is 352 g/mol. The van der Waals surface area contributed by atoms with Crippen LogP contribution in [-0.2, 0) is 9.59 Å². The highest BCUT2D eigenvalue weighted by atomic mass is 19.4. The smallest absolute Gasteiger partial charge is 0.406 e. The number of hydrogen-bond acceptors (Lipinski definition) is 5. The third-order valence-electron chi connectivity index (χ3n) is 3.24. The number of ketones is 1. The summed E-state index contributed by atoms with van der Waals surface area (Å²) in [6.07, 6.45) is -4.91. The molecule has 7 nitrogen and oxygen atoms in total. The largest absolute Gasteiger partial charge is 0.496 e. The Morgan fingerprint density at radius 3 is 2.28 bits per heavy atom. The minimum atomic E-state index is -4.91. The van der Waals surface area contributed by atoms with Crippen LogP contribution in [0.2, 0.25) is 0 Å². The zero-order valence-electron chi connectivity index (χ0n) is 12.6. The molecule has 1 aromatic rings. The second kappa shape index (κ2) is 6.49. The van der Waals surface area contributed by atoms with Gasteiger partial charge in [-0.3, -0.25) is 14.4 Å². The minimum absolute atomic E-state index is 0.0658. The minimum Gasteiger partial charge on any atom is -0.496 e. The molecular formula is C14H10F4N2O5. The Hall–Kier alpha value is -2.98. The van der Waals surface area contributed by atoms with Crippen LogP contribution in [0.5, 0.6) is 5.75 Å². The van der Waals surface area contributed by atoms with E-state index >= 15 is 0 Å². The molecule has 0 aromatic heterocycles. The number of halogens is 4. The van der Waals surface area contributed by atoms with Gasteiger partial charge in [-0.25, -0.2) is 19.0 Å².